The average Bonchev–Trinajstić information content (AvgIpc) is 2.70. The largest absolute Gasteiger partial charge is 0.350 e. The Morgan fingerprint density at radius 1 is 1.29 bits per heavy atom. The van der Waals surface area contributed by atoms with Gasteiger partial charge in [0.2, 0.25) is 0 Å². The Kier molecular flexibility index (Phi) is 6.15. The summed E-state index contributed by atoms with van der Waals surface area (Å²) in [4.78, 5) is 17.0. The van der Waals surface area contributed by atoms with Gasteiger partial charge in [0.05, 0.1) is 10.7 Å². The van der Waals surface area contributed by atoms with E-state index in [4.69, 9.17) is 0 Å². The Morgan fingerprint density at radius 2 is 2.06 bits per heavy atom. The lowest BCUT2D eigenvalue weighted by Gasteiger charge is -2.04. The Hall–Kier alpha value is -0.940. The molecule has 0 aliphatic rings. The number of aryl methyl sites for hydroxylation is 2. The van der Waals surface area contributed by atoms with Gasteiger partial charge in [0.1, 0.15) is 4.88 Å². The number of nitrogens with zero attached hydrogens (tertiary/aromatic N) is 1. The summed E-state index contributed by atoms with van der Waals surface area (Å²) >= 11 is 1.49. The van der Waals surface area contributed by atoms with Crippen molar-refractivity contribution < 1.29 is 4.79 Å². The van der Waals surface area contributed by atoms with Crippen LogP contribution in [0.25, 0.3) is 0 Å². The molecule has 4 nitrogen and oxygen atoms in total. The molecule has 0 bridgehead atoms. The predicted molar refractivity (Wildman–Crippen MR) is 71.7 cm³/mol. The topological polar surface area (TPSA) is 54.0 Å². The molecule has 0 atom stereocenters. The third-order valence-electron chi connectivity index (χ3n) is 2.36. The van der Waals surface area contributed by atoms with E-state index in [1.165, 1.54) is 11.3 Å². The molecule has 2 N–H and O–H groups in total. The van der Waals surface area contributed by atoms with Gasteiger partial charge >= 0.3 is 0 Å². The minimum absolute atomic E-state index is 0.00185. The predicted octanol–water partition coefficient (Wildman–Crippen LogP) is 1.74. The van der Waals surface area contributed by atoms with E-state index in [-0.39, 0.29) is 5.91 Å². The van der Waals surface area contributed by atoms with Gasteiger partial charge in [-0.1, -0.05) is 13.8 Å². The summed E-state index contributed by atoms with van der Waals surface area (Å²) in [5.74, 6) is -0.00185. The molecule has 17 heavy (non-hydrogen) atoms. The van der Waals surface area contributed by atoms with Gasteiger partial charge in [0, 0.05) is 13.1 Å². The second kappa shape index (κ2) is 7.40. The molecular formula is C12H21N3OS. The van der Waals surface area contributed by atoms with Crippen molar-refractivity contribution in [3.63, 3.8) is 0 Å². The number of carbonyl (C=O) groups is 1. The maximum atomic E-state index is 11.9. The number of rotatable bonds is 7. The zero-order valence-corrected chi connectivity index (χ0v) is 11.6. The fourth-order valence-corrected chi connectivity index (χ4v) is 2.38. The molecular weight excluding hydrogens is 234 g/mol. The molecule has 0 radical (unpaired) electrons. The highest BCUT2D eigenvalue weighted by atomic mass is 32.1. The maximum absolute atomic E-state index is 11.9. The van der Waals surface area contributed by atoms with Crippen molar-refractivity contribution >= 4 is 17.2 Å². The van der Waals surface area contributed by atoms with Crippen LogP contribution in [0.3, 0.4) is 0 Å². The smallest absolute Gasteiger partial charge is 0.263 e. The van der Waals surface area contributed by atoms with E-state index in [2.05, 4.69) is 29.5 Å². The Bertz CT molecular complexity index is 363. The van der Waals surface area contributed by atoms with Crippen LogP contribution in [0.4, 0.5) is 0 Å². The van der Waals surface area contributed by atoms with Gasteiger partial charge in [-0.25, -0.2) is 4.98 Å². The Labute approximate surface area is 107 Å². The second-order valence-corrected chi connectivity index (χ2v) is 4.97. The molecule has 0 aliphatic heterocycles. The summed E-state index contributed by atoms with van der Waals surface area (Å²) in [7, 11) is 0. The zero-order chi connectivity index (χ0) is 12.7. The lowest BCUT2D eigenvalue weighted by atomic mass is 10.3. The van der Waals surface area contributed by atoms with Gasteiger partial charge in [-0.15, -0.1) is 11.3 Å². The quantitative estimate of drug-likeness (QED) is 0.730. The molecule has 5 heteroatoms. The van der Waals surface area contributed by atoms with Crippen LogP contribution in [0.15, 0.2) is 0 Å². The summed E-state index contributed by atoms with van der Waals surface area (Å²) in [6, 6.07) is 0. The van der Waals surface area contributed by atoms with E-state index in [0.717, 1.165) is 41.5 Å². The first-order chi connectivity index (χ1) is 8.19. The number of nitrogens with one attached hydrogen (secondary N) is 2. The number of amides is 1. The van der Waals surface area contributed by atoms with Gasteiger partial charge in [0.25, 0.3) is 5.91 Å². The molecule has 0 aliphatic carbocycles. The number of aromatic nitrogens is 1. The first-order valence-electron chi connectivity index (χ1n) is 6.14. The Balaban J connectivity index is 2.38. The van der Waals surface area contributed by atoms with Crippen LogP contribution >= 0.6 is 11.3 Å². The van der Waals surface area contributed by atoms with Crippen molar-refractivity contribution in [1.29, 1.82) is 0 Å². The van der Waals surface area contributed by atoms with Crippen LogP contribution in [-0.4, -0.2) is 30.5 Å². The monoisotopic (exact) mass is 255 g/mol. The molecule has 1 aromatic heterocycles. The van der Waals surface area contributed by atoms with Crippen LogP contribution in [-0.2, 0) is 6.42 Å². The highest BCUT2D eigenvalue weighted by Gasteiger charge is 2.13. The van der Waals surface area contributed by atoms with E-state index in [0.29, 0.717) is 6.54 Å². The number of thiazole rings is 1. The summed E-state index contributed by atoms with van der Waals surface area (Å²) in [6.45, 7) is 8.54. The summed E-state index contributed by atoms with van der Waals surface area (Å²) in [5, 5.41) is 7.18. The summed E-state index contributed by atoms with van der Waals surface area (Å²) < 4.78 is 0. The zero-order valence-electron chi connectivity index (χ0n) is 10.8. The highest BCUT2D eigenvalue weighted by molar-refractivity contribution is 7.13. The number of hydrogen-bond donors (Lipinski definition) is 2. The van der Waals surface area contributed by atoms with E-state index < -0.39 is 0 Å². The van der Waals surface area contributed by atoms with Crippen molar-refractivity contribution in [2.45, 2.75) is 33.6 Å². The first-order valence-corrected chi connectivity index (χ1v) is 6.95. The van der Waals surface area contributed by atoms with Gasteiger partial charge in [-0.05, 0) is 26.3 Å². The molecule has 1 heterocycles. The van der Waals surface area contributed by atoms with Gasteiger partial charge in [-0.2, -0.15) is 0 Å². The minimum atomic E-state index is -0.00185. The molecule has 0 aromatic carbocycles. The standard InChI is InChI=1S/C12H21N3OS/c1-4-6-13-7-8-14-12(16)11-9(3)15-10(5-2)17-11/h13H,4-8H2,1-3H3,(H,14,16). The normalized spacial score (nSPS) is 10.5. The van der Waals surface area contributed by atoms with Crippen molar-refractivity contribution in [2.24, 2.45) is 0 Å². The lowest BCUT2D eigenvalue weighted by molar-refractivity contribution is 0.0957. The van der Waals surface area contributed by atoms with Crippen molar-refractivity contribution in [3.05, 3.63) is 15.6 Å². The molecule has 0 fully saturated rings. The van der Waals surface area contributed by atoms with Crippen molar-refractivity contribution in [2.75, 3.05) is 19.6 Å². The van der Waals surface area contributed by atoms with Crippen molar-refractivity contribution in [3.8, 4) is 0 Å². The van der Waals surface area contributed by atoms with E-state index in [1.807, 2.05) is 6.92 Å². The molecule has 1 aromatic rings. The lowest BCUT2D eigenvalue weighted by Crippen LogP contribution is -2.32. The number of hydrogen-bond acceptors (Lipinski definition) is 4. The fourth-order valence-electron chi connectivity index (χ4n) is 1.46. The Morgan fingerprint density at radius 3 is 2.65 bits per heavy atom. The van der Waals surface area contributed by atoms with Crippen LogP contribution in [0.2, 0.25) is 0 Å². The van der Waals surface area contributed by atoms with E-state index in [1.54, 1.807) is 0 Å². The second-order valence-electron chi connectivity index (χ2n) is 3.88. The average molecular weight is 255 g/mol. The summed E-state index contributed by atoms with van der Waals surface area (Å²) in [6.07, 6.45) is 2.00. The third kappa shape index (κ3) is 4.44. The summed E-state index contributed by atoms with van der Waals surface area (Å²) in [5.41, 5.74) is 0.839. The molecule has 0 saturated carbocycles. The van der Waals surface area contributed by atoms with Crippen LogP contribution in [0.5, 0.6) is 0 Å². The van der Waals surface area contributed by atoms with Crippen LogP contribution < -0.4 is 10.6 Å². The van der Waals surface area contributed by atoms with Gasteiger partial charge in [-0.3, -0.25) is 4.79 Å². The van der Waals surface area contributed by atoms with Crippen molar-refractivity contribution in [1.82, 2.24) is 15.6 Å². The molecule has 1 amide bonds. The molecule has 0 spiro atoms. The molecule has 96 valence electrons. The van der Waals surface area contributed by atoms with E-state index >= 15 is 0 Å². The van der Waals surface area contributed by atoms with E-state index in [9.17, 15) is 4.79 Å². The van der Waals surface area contributed by atoms with Crippen LogP contribution in [0, 0.1) is 6.92 Å². The molecule has 1 rings (SSSR count). The molecule has 0 unspecified atom stereocenters. The fraction of sp³-hybridized carbons (Fsp3) is 0.667. The first kappa shape index (κ1) is 14.1. The van der Waals surface area contributed by atoms with Gasteiger partial charge < -0.3 is 10.6 Å². The number of carbonyl (C=O) groups excluding carboxylic acids is 1. The SMILES string of the molecule is CCCNCCNC(=O)c1sc(CC)nc1C. The molecule has 0 saturated heterocycles. The highest BCUT2D eigenvalue weighted by Crippen LogP contribution is 2.17. The third-order valence-corrected chi connectivity index (χ3v) is 3.66. The van der Waals surface area contributed by atoms with Gasteiger partial charge in [0.15, 0.2) is 0 Å². The maximum Gasteiger partial charge on any atom is 0.263 e. The van der Waals surface area contributed by atoms with Crippen LogP contribution in [0.1, 0.15) is 40.6 Å². The minimum Gasteiger partial charge on any atom is -0.350 e.